The molecule has 2 aromatic carbocycles. The molecule has 1 fully saturated rings. The lowest BCUT2D eigenvalue weighted by Gasteiger charge is -2.44. The number of sulfone groups is 1. The smallest absolute Gasteiger partial charge is 0.267 e. The first-order chi connectivity index (χ1) is 17.3. The summed E-state index contributed by atoms with van der Waals surface area (Å²) in [6, 6.07) is 4.50. The van der Waals surface area contributed by atoms with E-state index in [1.54, 1.807) is 0 Å². The quantitative estimate of drug-likeness (QED) is 0.175. The van der Waals surface area contributed by atoms with Crippen LogP contribution in [-0.2, 0) is 44.1 Å². The summed E-state index contributed by atoms with van der Waals surface area (Å²) in [6.07, 6.45) is -7.16. The van der Waals surface area contributed by atoms with Crippen LogP contribution in [0, 0.1) is 17.6 Å². The van der Waals surface area contributed by atoms with Gasteiger partial charge < -0.3 is 0 Å². The highest BCUT2D eigenvalue weighted by Gasteiger charge is 2.53. The van der Waals surface area contributed by atoms with Crippen LogP contribution < -0.4 is 0 Å². The fourth-order valence-corrected chi connectivity index (χ4v) is 8.49. The van der Waals surface area contributed by atoms with Crippen molar-refractivity contribution in [3.8, 4) is 0 Å². The minimum absolute atomic E-state index is 0. The molecule has 0 bridgehead atoms. The topological polar surface area (TPSA) is 112 Å². The van der Waals surface area contributed by atoms with Gasteiger partial charge in [-0.1, -0.05) is 22.3 Å². The molecule has 7 nitrogen and oxygen atoms in total. The lowest BCUT2D eigenvalue weighted by atomic mass is 9.74. The van der Waals surface area contributed by atoms with Crippen LogP contribution in [-0.4, -0.2) is 43.4 Å². The minimum Gasteiger partial charge on any atom is -0.267 e. The van der Waals surface area contributed by atoms with E-state index in [2.05, 4.69) is 0 Å². The molecule has 0 unspecified atom stereocenters. The molecular formula is C25H34ClF5O7S3. The van der Waals surface area contributed by atoms with Crippen LogP contribution in [0.5, 0.6) is 0 Å². The van der Waals surface area contributed by atoms with Gasteiger partial charge in [-0.3, -0.25) is 4.18 Å². The molecule has 41 heavy (non-hydrogen) atoms. The van der Waals surface area contributed by atoms with Gasteiger partial charge >= 0.3 is 6.18 Å². The molecule has 1 aliphatic rings. The second kappa shape index (κ2) is 13.7. The number of rotatable bonds is 8. The van der Waals surface area contributed by atoms with E-state index in [0.29, 0.717) is 36.4 Å². The molecule has 0 amide bonds. The van der Waals surface area contributed by atoms with Crippen LogP contribution in [0.3, 0.4) is 0 Å². The Bertz CT molecular complexity index is 1510. The third-order valence-corrected chi connectivity index (χ3v) is 10.7. The first-order valence-electron chi connectivity index (χ1n) is 10.9. The van der Waals surface area contributed by atoms with Gasteiger partial charge in [0, 0.05) is 16.2 Å². The minimum atomic E-state index is -4.79. The Kier molecular flexibility index (Phi) is 13.1. The predicted molar refractivity (Wildman–Crippen MR) is 148 cm³/mol. The van der Waals surface area contributed by atoms with Gasteiger partial charge in [0.05, 0.1) is 28.6 Å². The number of alkyl halides is 3. The molecule has 236 valence electrons. The average molecular weight is 673 g/mol. The van der Waals surface area contributed by atoms with Crippen molar-refractivity contribution >= 4 is 39.7 Å². The molecule has 1 aliphatic carbocycles. The lowest BCUT2D eigenvalue weighted by molar-refractivity contribution is -0.137. The highest BCUT2D eigenvalue weighted by atomic mass is 35.7. The van der Waals surface area contributed by atoms with Gasteiger partial charge in [0.25, 0.3) is 10.1 Å². The predicted octanol–water partition coefficient (Wildman–Crippen LogP) is 6.66. The summed E-state index contributed by atoms with van der Waals surface area (Å²) in [5, 5.41) is 0. The Morgan fingerprint density at radius 1 is 0.951 bits per heavy atom. The van der Waals surface area contributed by atoms with Gasteiger partial charge in [0.1, 0.15) is 16.4 Å². The van der Waals surface area contributed by atoms with Gasteiger partial charge in [-0.2, -0.15) is 21.6 Å². The van der Waals surface area contributed by atoms with E-state index >= 15 is 4.39 Å². The average Bonchev–Trinajstić information content (AvgIpc) is 2.78. The summed E-state index contributed by atoms with van der Waals surface area (Å²) in [5.74, 6) is -4.00. The van der Waals surface area contributed by atoms with Crippen LogP contribution in [0.1, 0.15) is 59.1 Å². The van der Waals surface area contributed by atoms with Crippen molar-refractivity contribution in [2.24, 2.45) is 5.92 Å². The van der Waals surface area contributed by atoms with Crippen molar-refractivity contribution < 1.29 is 51.4 Å². The van der Waals surface area contributed by atoms with Crippen molar-refractivity contribution in [1.82, 2.24) is 0 Å². The molecule has 1 saturated carbocycles. The van der Waals surface area contributed by atoms with E-state index in [1.165, 1.54) is 0 Å². The Labute approximate surface area is 243 Å². The van der Waals surface area contributed by atoms with Gasteiger partial charge in [-0.25, -0.2) is 25.6 Å². The van der Waals surface area contributed by atoms with Gasteiger partial charge in [0.15, 0.2) is 9.84 Å². The molecule has 0 heterocycles. The first kappa shape index (κ1) is 39.2. The number of benzene rings is 2. The monoisotopic (exact) mass is 672 g/mol. The second-order valence-corrected chi connectivity index (χ2v) is 15.8. The maximum Gasteiger partial charge on any atom is 0.416 e. The van der Waals surface area contributed by atoms with Gasteiger partial charge in [0.2, 0.25) is 9.05 Å². The van der Waals surface area contributed by atoms with Crippen LogP contribution in [0.4, 0.5) is 22.0 Å². The van der Waals surface area contributed by atoms with Crippen molar-refractivity contribution in [3.05, 3.63) is 65.2 Å². The molecule has 0 aliphatic heterocycles. The number of halogens is 6. The molecule has 0 radical (unpaired) electrons. The first-order valence-corrected chi connectivity index (χ1v) is 16.7. The maximum atomic E-state index is 15.1. The number of hydrogen-bond donors (Lipinski definition) is 0. The Hall–Kier alpha value is -1.81. The van der Waals surface area contributed by atoms with Crippen molar-refractivity contribution in [2.75, 3.05) is 12.0 Å². The van der Waals surface area contributed by atoms with E-state index in [-0.39, 0.29) is 28.7 Å². The lowest BCUT2D eigenvalue weighted by Crippen LogP contribution is -2.47. The van der Waals surface area contributed by atoms with Crippen LogP contribution in [0.25, 0.3) is 0 Å². The maximum absolute atomic E-state index is 15.1. The van der Waals surface area contributed by atoms with E-state index in [0.717, 1.165) is 12.3 Å². The molecule has 2 aromatic rings. The van der Waals surface area contributed by atoms with E-state index < -0.39 is 105 Å². The number of hydrogen-bond acceptors (Lipinski definition) is 7. The third kappa shape index (κ3) is 9.09. The molecular weight excluding hydrogens is 639 g/mol. The van der Waals surface area contributed by atoms with Crippen molar-refractivity contribution in [2.45, 2.75) is 69.9 Å². The summed E-state index contributed by atoms with van der Waals surface area (Å²) < 4.78 is 146. The molecule has 3 rings (SSSR count). The van der Waals surface area contributed by atoms with Gasteiger partial charge in [-0.15, -0.1) is 0 Å². The largest absolute Gasteiger partial charge is 0.416 e. The Morgan fingerprint density at radius 2 is 1.51 bits per heavy atom. The van der Waals surface area contributed by atoms with Crippen LogP contribution in [0.15, 0.2) is 47.4 Å². The van der Waals surface area contributed by atoms with E-state index in [1.807, 2.05) is 0 Å². The fraction of sp³-hybridized carbons (Fsp3) is 0.520. The van der Waals surface area contributed by atoms with Crippen molar-refractivity contribution in [3.63, 3.8) is 0 Å². The van der Waals surface area contributed by atoms with E-state index in [9.17, 15) is 42.8 Å². The van der Waals surface area contributed by atoms with E-state index in [4.69, 9.17) is 14.9 Å². The Morgan fingerprint density at radius 3 is 2.00 bits per heavy atom. The Balaban J connectivity index is 0.00000533. The summed E-state index contributed by atoms with van der Waals surface area (Å²) in [5.41, 5.74) is -1.77. The summed E-state index contributed by atoms with van der Waals surface area (Å²) in [4.78, 5) is -0.625. The van der Waals surface area contributed by atoms with Crippen molar-refractivity contribution in [1.29, 1.82) is 0 Å². The zero-order chi connectivity index (χ0) is 28.7. The third-order valence-electron chi connectivity index (χ3n) is 6.41. The van der Waals surface area contributed by atoms with Crippen LogP contribution >= 0.6 is 10.7 Å². The zero-order valence-electron chi connectivity index (χ0n) is 19.6. The molecule has 0 aromatic heterocycles. The highest BCUT2D eigenvalue weighted by molar-refractivity contribution is 8.13. The normalized spacial score (nSPS) is 21.6. The molecule has 0 spiro atoms. The summed E-state index contributed by atoms with van der Waals surface area (Å²) in [7, 11) is -7.74. The summed E-state index contributed by atoms with van der Waals surface area (Å²) in [6.45, 7) is 0. The fourth-order valence-electron chi connectivity index (χ4n) is 4.73. The molecule has 16 heteroatoms. The summed E-state index contributed by atoms with van der Waals surface area (Å²) >= 11 is 0. The highest BCUT2D eigenvalue weighted by Crippen LogP contribution is 2.51. The molecule has 0 N–H and O–H groups in total. The SMILES string of the molecule is C.C.C.CS(=O)(=O)O[C@@H]1CC[C@@](c2cc(F)ccc2F)(S(=O)(=O)c2ccc(C(F)(F)F)cc2)C[C@H]1CCS(=O)(=O)Cl. The van der Waals surface area contributed by atoms with Crippen LogP contribution in [0.2, 0.25) is 0 Å². The second-order valence-electron chi connectivity index (χ2n) is 9.02. The molecule has 3 atom stereocenters. The molecule has 0 saturated heterocycles. The standard InChI is InChI=1S/C22H22ClF5O7S3.3CH4/c1-36(29,30)35-20-8-10-21(13-14(20)9-11-37(23,31)32,18-12-16(24)4-7-19(18)25)38(33,34)17-5-2-15(3-6-17)22(26,27)28;;;/h2-7,12,14,20H,8-11,13H2,1H3;3*1H4/t14-,20-,21-;;;/m1.../s1. The zero-order valence-corrected chi connectivity index (χ0v) is 22.8. The van der Waals surface area contributed by atoms with Gasteiger partial charge in [-0.05, 0) is 74.1 Å².